The number of benzene rings is 2. The summed E-state index contributed by atoms with van der Waals surface area (Å²) in [5.41, 5.74) is 1.59. The van der Waals surface area contributed by atoms with Crippen molar-refractivity contribution in [2.45, 2.75) is 6.54 Å². The Morgan fingerprint density at radius 2 is 1.81 bits per heavy atom. The van der Waals surface area contributed by atoms with Gasteiger partial charge in [-0.25, -0.2) is 4.39 Å². The molecule has 0 saturated carbocycles. The number of thiophene rings is 1. The van der Waals surface area contributed by atoms with E-state index in [1.54, 1.807) is 47.4 Å². The van der Waals surface area contributed by atoms with Gasteiger partial charge in [-0.05, 0) is 41.8 Å². The molecule has 2 aromatic carbocycles. The minimum absolute atomic E-state index is 0.0872. The molecule has 1 fully saturated rings. The van der Waals surface area contributed by atoms with Crippen molar-refractivity contribution in [3.63, 3.8) is 0 Å². The van der Waals surface area contributed by atoms with Gasteiger partial charge in [-0.1, -0.05) is 29.8 Å². The second kappa shape index (κ2) is 9.60. The van der Waals surface area contributed by atoms with E-state index in [4.69, 9.17) is 11.6 Å². The highest BCUT2D eigenvalue weighted by Crippen LogP contribution is 2.22. The van der Waals surface area contributed by atoms with Gasteiger partial charge in [0.05, 0.1) is 4.88 Å². The average molecular weight is 458 g/mol. The Hall–Kier alpha value is -2.74. The second-order valence-electron chi connectivity index (χ2n) is 7.28. The molecule has 0 radical (unpaired) electrons. The van der Waals surface area contributed by atoms with Crippen LogP contribution in [0.15, 0.2) is 60.0 Å². The molecule has 8 heteroatoms. The summed E-state index contributed by atoms with van der Waals surface area (Å²) in [4.78, 5) is 29.7. The molecule has 0 atom stereocenters. The fraction of sp³-hybridized carbons (Fsp3) is 0.217. The summed E-state index contributed by atoms with van der Waals surface area (Å²) in [6.07, 6.45) is 0. The second-order valence-corrected chi connectivity index (χ2v) is 8.64. The number of carbonyl (C=O) groups is 2. The maximum Gasteiger partial charge on any atom is 0.265 e. The van der Waals surface area contributed by atoms with Gasteiger partial charge in [-0.2, -0.15) is 0 Å². The number of hydrogen-bond donors (Lipinski definition) is 1. The molecule has 1 aromatic heterocycles. The molecule has 1 saturated heterocycles. The lowest BCUT2D eigenvalue weighted by molar-refractivity contribution is 0.0627. The van der Waals surface area contributed by atoms with Crippen LogP contribution in [0.3, 0.4) is 0 Å². The molecule has 160 valence electrons. The lowest BCUT2D eigenvalue weighted by Gasteiger charge is -2.35. The lowest BCUT2D eigenvalue weighted by Crippen LogP contribution is -2.48. The zero-order valence-electron chi connectivity index (χ0n) is 16.7. The van der Waals surface area contributed by atoms with E-state index < -0.39 is 0 Å². The van der Waals surface area contributed by atoms with Crippen molar-refractivity contribution < 1.29 is 14.0 Å². The summed E-state index contributed by atoms with van der Waals surface area (Å²) < 4.78 is 14.0. The standard InChI is InChI=1S/C23H21ClFN3O2S/c24-19-6-2-7-20(25)18(19)15-27-9-11-28(12-10-27)23(30)16-4-1-5-17(14-16)26-22(29)21-8-3-13-31-21/h1-8,13-14H,9-12,15H2,(H,26,29). The topological polar surface area (TPSA) is 52.7 Å². The molecule has 2 heterocycles. The first kappa shape index (κ1) is 21.5. The van der Waals surface area contributed by atoms with Crippen LogP contribution in [-0.4, -0.2) is 47.8 Å². The normalized spacial score (nSPS) is 14.5. The Balaban J connectivity index is 1.36. The molecule has 31 heavy (non-hydrogen) atoms. The number of anilines is 1. The summed E-state index contributed by atoms with van der Waals surface area (Å²) in [5.74, 6) is -0.594. The van der Waals surface area contributed by atoms with Crippen molar-refractivity contribution in [2.24, 2.45) is 0 Å². The monoisotopic (exact) mass is 457 g/mol. The lowest BCUT2D eigenvalue weighted by atomic mass is 10.1. The average Bonchev–Trinajstić information content (AvgIpc) is 3.32. The molecule has 1 aliphatic heterocycles. The van der Waals surface area contributed by atoms with E-state index in [0.717, 1.165) is 0 Å². The minimum atomic E-state index is -0.313. The first-order chi connectivity index (χ1) is 15.0. The quantitative estimate of drug-likeness (QED) is 0.601. The molecule has 1 N–H and O–H groups in total. The van der Waals surface area contributed by atoms with Gasteiger partial charge in [-0.3, -0.25) is 14.5 Å². The molecular formula is C23H21ClFN3O2S. The molecule has 2 amide bonds. The fourth-order valence-electron chi connectivity index (χ4n) is 3.53. The number of amides is 2. The summed E-state index contributed by atoms with van der Waals surface area (Å²) in [6.45, 7) is 2.75. The molecule has 0 aliphatic carbocycles. The van der Waals surface area contributed by atoms with Crippen molar-refractivity contribution in [1.82, 2.24) is 9.80 Å². The summed E-state index contributed by atoms with van der Waals surface area (Å²) in [6, 6.07) is 15.2. The van der Waals surface area contributed by atoms with Crippen LogP contribution in [0.25, 0.3) is 0 Å². The van der Waals surface area contributed by atoms with Gasteiger partial charge in [-0.15, -0.1) is 11.3 Å². The molecular weight excluding hydrogens is 437 g/mol. The third-order valence-electron chi connectivity index (χ3n) is 5.22. The van der Waals surface area contributed by atoms with E-state index in [2.05, 4.69) is 10.2 Å². The van der Waals surface area contributed by atoms with E-state index in [0.29, 0.717) is 59.4 Å². The van der Waals surface area contributed by atoms with Crippen molar-refractivity contribution in [3.05, 3.63) is 86.8 Å². The SMILES string of the molecule is O=C(Nc1cccc(C(=O)N2CCN(Cc3c(F)cccc3Cl)CC2)c1)c1cccs1. The number of hydrogen-bond acceptors (Lipinski definition) is 4. The van der Waals surface area contributed by atoms with Gasteiger partial charge < -0.3 is 10.2 Å². The van der Waals surface area contributed by atoms with Crippen LogP contribution in [0, 0.1) is 5.82 Å². The summed E-state index contributed by atoms with van der Waals surface area (Å²) in [5, 5.41) is 5.09. The van der Waals surface area contributed by atoms with E-state index in [-0.39, 0.29) is 17.6 Å². The fourth-order valence-corrected chi connectivity index (χ4v) is 4.37. The van der Waals surface area contributed by atoms with Gasteiger partial charge in [0.15, 0.2) is 0 Å². The summed E-state index contributed by atoms with van der Waals surface area (Å²) >= 11 is 7.49. The smallest absolute Gasteiger partial charge is 0.265 e. The first-order valence-corrected chi connectivity index (χ1v) is 11.2. The highest BCUT2D eigenvalue weighted by Gasteiger charge is 2.23. The predicted molar refractivity (Wildman–Crippen MR) is 121 cm³/mol. The van der Waals surface area contributed by atoms with Gasteiger partial charge in [0.25, 0.3) is 11.8 Å². The van der Waals surface area contributed by atoms with E-state index in [1.807, 2.05) is 11.4 Å². The van der Waals surface area contributed by atoms with Gasteiger partial charge in [0, 0.05) is 54.6 Å². The van der Waals surface area contributed by atoms with Crippen LogP contribution in [0.2, 0.25) is 5.02 Å². The Morgan fingerprint density at radius 1 is 1.03 bits per heavy atom. The van der Waals surface area contributed by atoms with Crippen molar-refractivity contribution in [3.8, 4) is 0 Å². The van der Waals surface area contributed by atoms with Crippen molar-refractivity contribution in [2.75, 3.05) is 31.5 Å². The van der Waals surface area contributed by atoms with E-state index in [9.17, 15) is 14.0 Å². The molecule has 5 nitrogen and oxygen atoms in total. The van der Waals surface area contributed by atoms with Crippen LogP contribution < -0.4 is 5.32 Å². The molecule has 0 spiro atoms. The van der Waals surface area contributed by atoms with Crippen LogP contribution in [0.1, 0.15) is 25.6 Å². The Bertz CT molecular complexity index is 1060. The van der Waals surface area contributed by atoms with Gasteiger partial charge in [0.1, 0.15) is 5.82 Å². The van der Waals surface area contributed by atoms with Crippen molar-refractivity contribution in [1.29, 1.82) is 0 Å². The molecule has 1 aliphatic rings. The van der Waals surface area contributed by atoms with Crippen LogP contribution in [0.4, 0.5) is 10.1 Å². The zero-order valence-corrected chi connectivity index (χ0v) is 18.3. The largest absolute Gasteiger partial charge is 0.336 e. The number of halogens is 2. The Morgan fingerprint density at radius 3 is 2.52 bits per heavy atom. The maximum atomic E-state index is 14.0. The third-order valence-corrected chi connectivity index (χ3v) is 6.44. The Labute approximate surface area is 189 Å². The zero-order chi connectivity index (χ0) is 21.8. The van der Waals surface area contributed by atoms with Crippen LogP contribution in [0.5, 0.6) is 0 Å². The van der Waals surface area contributed by atoms with Gasteiger partial charge >= 0.3 is 0 Å². The number of piperazine rings is 1. The molecule has 0 bridgehead atoms. The van der Waals surface area contributed by atoms with Gasteiger partial charge in [0.2, 0.25) is 0 Å². The van der Waals surface area contributed by atoms with Crippen LogP contribution in [-0.2, 0) is 6.54 Å². The number of nitrogens with one attached hydrogen (secondary N) is 1. The Kier molecular flexibility index (Phi) is 6.65. The van der Waals surface area contributed by atoms with E-state index >= 15 is 0 Å². The molecule has 0 unspecified atom stereocenters. The van der Waals surface area contributed by atoms with Crippen molar-refractivity contribution >= 4 is 40.4 Å². The first-order valence-electron chi connectivity index (χ1n) is 9.91. The highest BCUT2D eigenvalue weighted by molar-refractivity contribution is 7.12. The number of carbonyl (C=O) groups excluding carboxylic acids is 2. The maximum absolute atomic E-state index is 14.0. The number of rotatable bonds is 5. The van der Waals surface area contributed by atoms with E-state index in [1.165, 1.54) is 17.4 Å². The van der Waals surface area contributed by atoms with Crippen LogP contribution >= 0.6 is 22.9 Å². The molecule has 3 aromatic rings. The molecule has 4 rings (SSSR count). The minimum Gasteiger partial charge on any atom is -0.336 e. The summed E-state index contributed by atoms with van der Waals surface area (Å²) in [7, 11) is 0. The highest BCUT2D eigenvalue weighted by atomic mass is 35.5. The third kappa shape index (κ3) is 5.12. The predicted octanol–water partition coefficient (Wildman–Crippen LogP) is 4.75. The number of nitrogens with zero attached hydrogens (tertiary/aromatic N) is 2.